The molecule has 1 heterocycles. The molecule has 0 saturated heterocycles. The summed E-state index contributed by atoms with van der Waals surface area (Å²) in [6.07, 6.45) is 22.9. The van der Waals surface area contributed by atoms with Gasteiger partial charge in [-0.15, -0.1) is 0 Å². The number of benzene rings is 2. The minimum atomic E-state index is -1.21. The molecule has 52 heavy (non-hydrogen) atoms. The summed E-state index contributed by atoms with van der Waals surface area (Å²) in [6, 6.07) is 13.1. The van der Waals surface area contributed by atoms with E-state index < -0.39 is 35.2 Å². The number of unbranched alkanes of at least 4 members (excludes halogenated alkanes) is 11. The lowest BCUT2D eigenvalue weighted by atomic mass is 9.45. The summed E-state index contributed by atoms with van der Waals surface area (Å²) in [7, 11) is 1.62. The molecule has 1 fully saturated rings. The van der Waals surface area contributed by atoms with Crippen molar-refractivity contribution in [3.8, 4) is 11.5 Å². The van der Waals surface area contributed by atoms with Gasteiger partial charge in [-0.1, -0.05) is 114 Å². The summed E-state index contributed by atoms with van der Waals surface area (Å²) in [5, 5.41) is 12.6. The van der Waals surface area contributed by atoms with E-state index >= 15 is 0 Å². The summed E-state index contributed by atoms with van der Waals surface area (Å²) in [5.74, 6) is 0.928. The molecule has 1 unspecified atom stereocenters. The lowest BCUT2D eigenvalue weighted by Crippen LogP contribution is -2.69. The molecule has 2 bridgehead atoms. The fourth-order valence-electron chi connectivity index (χ4n) is 9.54. The van der Waals surface area contributed by atoms with E-state index in [9.17, 15) is 14.7 Å². The van der Waals surface area contributed by atoms with Crippen molar-refractivity contribution in [2.75, 3.05) is 7.11 Å². The second-order valence-corrected chi connectivity index (χ2v) is 15.7. The third-order valence-electron chi connectivity index (χ3n) is 12.4. The number of methoxy groups -OCH3 is 1. The number of carbonyl (C=O) groups is 2. The van der Waals surface area contributed by atoms with E-state index in [0.29, 0.717) is 48.0 Å². The van der Waals surface area contributed by atoms with E-state index in [1.807, 2.05) is 30.3 Å². The van der Waals surface area contributed by atoms with Crippen molar-refractivity contribution in [3.63, 3.8) is 0 Å². The summed E-state index contributed by atoms with van der Waals surface area (Å²) in [4.78, 5) is 27.2. The first kappa shape index (κ1) is 38.2. The van der Waals surface area contributed by atoms with Crippen LogP contribution < -0.4 is 9.47 Å². The number of allylic oxidation sites excluding steroid dienone is 2. The van der Waals surface area contributed by atoms with Crippen LogP contribution in [-0.4, -0.2) is 35.9 Å². The van der Waals surface area contributed by atoms with Gasteiger partial charge >= 0.3 is 11.9 Å². The molecule has 4 aliphatic rings. The molecule has 7 nitrogen and oxygen atoms in total. The highest BCUT2D eigenvalue weighted by Gasteiger charge is 2.72. The quantitative estimate of drug-likeness (QED) is 0.0830. The Morgan fingerprint density at radius 2 is 1.63 bits per heavy atom. The van der Waals surface area contributed by atoms with Crippen LogP contribution >= 0.6 is 0 Å². The van der Waals surface area contributed by atoms with Gasteiger partial charge in [-0.05, 0) is 87.3 Å². The van der Waals surface area contributed by atoms with Crippen molar-refractivity contribution >= 4 is 11.9 Å². The Bertz CT molecular complexity index is 1580. The molecular formula is C45H60O7. The van der Waals surface area contributed by atoms with E-state index in [-0.39, 0.29) is 12.3 Å². The Morgan fingerprint density at radius 3 is 2.35 bits per heavy atom. The SMILES string of the molecule is CCCCCCCC/C=C\CCCCCCCC(=O)O[C@H](C(=O)OC1=CC[C@@]2(O)[C@H]3Cc4ccc(OC)c5c4[C@@]2(CCC3C)[C@H]1O5)c1ccccc1. The van der Waals surface area contributed by atoms with Crippen molar-refractivity contribution < 1.29 is 33.6 Å². The molecule has 1 spiro atoms. The fourth-order valence-corrected chi connectivity index (χ4v) is 9.54. The second kappa shape index (κ2) is 17.5. The number of aliphatic hydroxyl groups is 1. The molecule has 1 aliphatic heterocycles. The van der Waals surface area contributed by atoms with Gasteiger partial charge < -0.3 is 24.1 Å². The van der Waals surface area contributed by atoms with E-state index in [2.05, 4.69) is 32.1 Å². The smallest absolute Gasteiger partial charge is 0.357 e. The largest absolute Gasteiger partial charge is 0.493 e. The average molecular weight is 713 g/mol. The Labute approximate surface area is 311 Å². The van der Waals surface area contributed by atoms with Gasteiger partial charge in [0.15, 0.2) is 17.6 Å². The van der Waals surface area contributed by atoms with Crippen LogP contribution in [-0.2, 0) is 30.9 Å². The standard InChI is InChI=1S/C45H60O7/c1-4-5-6-7-8-9-10-11-12-13-14-15-16-17-21-24-38(46)51-40(33-22-19-18-20-23-33)43(47)50-37-28-30-45(48)35-31-34-25-26-36(49-3)41-39(34)44(45,42(37)52-41)29-27-32(35)2/h11-12,18-20,22-23,25-26,28,32,35,40,42,48H,4-10,13-17,21,24,27,29-31H2,1-3H3/b12-11-/t32?,35-,40-,42-,44-,45+/m0/s1. The third-order valence-corrected chi connectivity index (χ3v) is 12.4. The molecule has 6 atom stereocenters. The first-order valence-corrected chi connectivity index (χ1v) is 20.2. The van der Waals surface area contributed by atoms with Crippen molar-refractivity contribution in [2.45, 2.75) is 153 Å². The maximum absolute atomic E-state index is 14.0. The fraction of sp³-hybridized carbons (Fsp3) is 0.600. The molecule has 3 aliphatic carbocycles. The summed E-state index contributed by atoms with van der Waals surface area (Å²) >= 11 is 0. The van der Waals surface area contributed by atoms with Crippen LogP contribution in [0, 0.1) is 11.8 Å². The number of hydrogen-bond acceptors (Lipinski definition) is 7. The molecule has 0 radical (unpaired) electrons. The van der Waals surface area contributed by atoms with Crippen LogP contribution in [0.15, 0.2) is 66.5 Å². The van der Waals surface area contributed by atoms with Gasteiger partial charge in [0.25, 0.3) is 0 Å². The third kappa shape index (κ3) is 7.71. The predicted octanol–water partition coefficient (Wildman–Crippen LogP) is 10.2. The summed E-state index contributed by atoms with van der Waals surface area (Å²) in [6.45, 7) is 4.48. The normalized spacial score (nSPS) is 25.9. The zero-order chi connectivity index (χ0) is 36.6. The molecule has 2 aromatic carbocycles. The summed E-state index contributed by atoms with van der Waals surface area (Å²) in [5.41, 5.74) is 0.925. The van der Waals surface area contributed by atoms with Gasteiger partial charge in [-0.3, -0.25) is 4.79 Å². The number of rotatable bonds is 20. The monoisotopic (exact) mass is 712 g/mol. The van der Waals surface area contributed by atoms with Crippen molar-refractivity contribution in [1.82, 2.24) is 0 Å². The van der Waals surface area contributed by atoms with Crippen molar-refractivity contribution in [2.24, 2.45) is 11.8 Å². The Balaban J connectivity index is 1.03. The van der Waals surface area contributed by atoms with Crippen LogP contribution in [0.2, 0.25) is 0 Å². The maximum Gasteiger partial charge on any atom is 0.357 e. The number of hydrogen-bond donors (Lipinski definition) is 1. The lowest BCUT2D eigenvalue weighted by molar-refractivity contribution is -0.177. The van der Waals surface area contributed by atoms with Gasteiger partial charge in [0, 0.05) is 17.5 Å². The number of esters is 2. The topological polar surface area (TPSA) is 91.3 Å². The zero-order valence-electron chi connectivity index (χ0n) is 31.7. The molecule has 282 valence electrons. The van der Waals surface area contributed by atoms with Crippen LogP contribution in [0.4, 0.5) is 0 Å². The molecular weight excluding hydrogens is 652 g/mol. The number of carbonyl (C=O) groups excluding carboxylic acids is 2. The lowest BCUT2D eigenvalue weighted by Gasteiger charge is -2.61. The molecule has 7 heteroatoms. The molecule has 1 N–H and O–H groups in total. The zero-order valence-corrected chi connectivity index (χ0v) is 31.7. The van der Waals surface area contributed by atoms with Crippen LogP contribution in [0.5, 0.6) is 11.5 Å². The predicted molar refractivity (Wildman–Crippen MR) is 203 cm³/mol. The molecule has 0 aromatic heterocycles. The Kier molecular flexibility index (Phi) is 12.8. The average Bonchev–Trinajstić information content (AvgIpc) is 3.51. The van der Waals surface area contributed by atoms with E-state index in [4.69, 9.17) is 18.9 Å². The highest BCUT2D eigenvalue weighted by atomic mass is 16.6. The van der Waals surface area contributed by atoms with Gasteiger partial charge in [-0.2, -0.15) is 0 Å². The van der Waals surface area contributed by atoms with Gasteiger partial charge in [0.2, 0.25) is 6.10 Å². The van der Waals surface area contributed by atoms with Gasteiger partial charge in [0.05, 0.1) is 18.1 Å². The first-order valence-electron chi connectivity index (χ1n) is 20.2. The van der Waals surface area contributed by atoms with Gasteiger partial charge in [0.1, 0.15) is 5.76 Å². The minimum Gasteiger partial charge on any atom is -0.493 e. The molecule has 2 aromatic rings. The highest BCUT2D eigenvalue weighted by Crippen LogP contribution is 2.68. The highest BCUT2D eigenvalue weighted by molar-refractivity contribution is 5.82. The molecule has 6 rings (SSSR count). The Morgan fingerprint density at radius 1 is 0.942 bits per heavy atom. The summed E-state index contributed by atoms with van der Waals surface area (Å²) < 4.78 is 24.5. The van der Waals surface area contributed by atoms with Crippen molar-refractivity contribution in [1.29, 1.82) is 0 Å². The molecule has 1 saturated carbocycles. The molecule has 0 amide bonds. The van der Waals surface area contributed by atoms with Crippen LogP contribution in [0.25, 0.3) is 0 Å². The number of ether oxygens (including phenoxy) is 4. The second-order valence-electron chi connectivity index (χ2n) is 15.7. The minimum absolute atomic E-state index is 0.0577. The Hall–Kier alpha value is -3.58. The van der Waals surface area contributed by atoms with Crippen molar-refractivity contribution in [3.05, 3.63) is 83.1 Å². The van der Waals surface area contributed by atoms with Gasteiger partial charge in [-0.25, -0.2) is 4.79 Å². The van der Waals surface area contributed by atoms with E-state index in [0.717, 1.165) is 50.5 Å². The van der Waals surface area contributed by atoms with Crippen LogP contribution in [0.1, 0.15) is 146 Å². The van der Waals surface area contributed by atoms with E-state index in [1.165, 1.54) is 50.5 Å². The van der Waals surface area contributed by atoms with Crippen LogP contribution in [0.3, 0.4) is 0 Å². The van der Waals surface area contributed by atoms with E-state index in [1.54, 1.807) is 19.2 Å². The maximum atomic E-state index is 14.0. The first-order chi connectivity index (χ1) is 25.3.